The van der Waals surface area contributed by atoms with Crippen LogP contribution in [0.5, 0.6) is 0 Å². The van der Waals surface area contributed by atoms with Gasteiger partial charge in [0, 0.05) is 13.6 Å². The standard InChI is InChI=1S/C12H20N4O3/c1-12(2,3)19-11(18)16-5-8(9(17)6-16)10-14-13-7-15(10)4/h7-9,17H,5-6H2,1-4H3/t8-,9-/m1/s1. The summed E-state index contributed by atoms with van der Waals surface area (Å²) in [4.78, 5) is 13.5. The van der Waals surface area contributed by atoms with E-state index < -0.39 is 17.8 Å². The fourth-order valence-corrected chi connectivity index (χ4v) is 2.14. The smallest absolute Gasteiger partial charge is 0.410 e. The van der Waals surface area contributed by atoms with Crippen molar-refractivity contribution >= 4 is 6.09 Å². The van der Waals surface area contributed by atoms with E-state index in [2.05, 4.69) is 10.2 Å². The number of aliphatic hydroxyl groups excluding tert-OH is 1. The van der Waals surface area contributed by atoms with E-state index >= 15 is 0 Å². The molecule has 0 saturated carbocycles. The fraction of sp³-hybridized carbons (Fsp3) is 0.750. The van der Waals surface area contributed by atoms with Gasteiger partial charge in [0.15, 0.2) is 0 Å². The molecule has 1 fully saturated rings. The minimum atomic E-state index is -0.643. The first-order valence-electron chi connectivity index (χ1n) is 6.28. The fourth-order valence-electron chi connectivity index (χ4n) is 2.14. The van der Waals surface area contributed by atoms with Crippen molar-refractivity contribution in [1.82, 2.24) is 19.7 Å². The average molecular weight is 268 g/mol. The zero-order chi connectivity index (χ0) is 14.2. The molecular weight excluding hydrogens is 248 g/mol. The van der Waals surface area contributed by atoms with Crippen LogP contribution in [-0.2, 0) is 11.8 Å². The molecule has 1 N–H and O–H groups in total. The molecule has 106 valence electrons. The van der Waals surface area contributed by atoms with Gasteiger partial charge < -0.3 is 19.3 Å². The Balaban J connectivity index is 2.06. The van der Waals surface area contributed by atoms with Crippen LogP contribution >= 0.6 is 0 Å². The van der Waals surface area contributed by atoms with Crippen LogP contribution in [0.15, 0.2) is 6.33 Å². The molecule has 2 rings (SSSR count). The van der Waals surface area contributed by atoms with Gasteiger partial charge >= 0.3 is 6.09 Å². The summed E-state index contributed by atoms with van der Waals surface area (Å²) in [6.07, 6.45) is 0.532. The van der Waals surface area contributed by atoms with Crippen molar-refractivity contribution in [2.75, 3.05) is 13.1 Å². The molecule has 1 aliphatic heterocycles. The highest BCUT2D eigenvalue weighted by Crippen LogP contribution is 2.27. The molecule has 1 amide bonds. The summed E-state index contributed by atoms with van der Waals surface area (Å²) in [6, 6.07) is 0. The molecule has 0 aliphatic carbocycles. The van der Waals surface area contributed by atoms with Gasteiger partial charge in [0.25, 0.3) is 0 Å². The predicted molar refractivity (Wildman–Crippen MR) is 67.6 cm³/mol. The molecule has 19 heavy (non-hydrogen) atoms. The number of β-amino-alcohol motifs (C(OH)–C–C–N with tert-alkyl or cyclic N) is 1. The lowest BCUT2D eigenvalue weighted by molar-refractivity contribution is 0.0270. The van der Waals surface area contributed by atoms with Gasteiger partial charge in [-0.15, -0.1) is 10.2 Å². The van der Waals surface area contributed by atoms with Crippen molar-refractivity contribution in [3.63, 3.8) is 0 Å². The molecule has 7 nitrogen and oxygen atoms in total. The molecule has 2 atom stereocenters. The molecule has 0 aromatic carbocycles. The zero-order valence-electron chi connectivity index (χ0n) is 11.7. The van der Waals surface area contributed by atoms with Crippen LogP contribution in [0.3, 0.4) is 0 Å². The van der Waals surface area contributed by atoms with Crippen LogP contribution in [0.2, 0.25) is 0 Å². The molecule has 0 bridgehead atoms. The number of carbonyl (C=O) groups is 1. The number of rotatable bonds is 1. The molecule has 0 spiro atoms. The molecule has 7 heteroatoms. The Morgan fingerprint density at radius 2 is 2.16 bits per heavy atom. The quantitative estimate of drug-likeness (QED) is 0.802. The number of likely N-dealkylation sites (tertiary alicyclic amines) is 1. The van der Waals surface area contributed by atoms with Crippen molar-refractivity contribution in [3.05, 3.63) is 12.2 Å². The zero-order valence-corrected chi connectivity index (χ0v) is 11.7. The number of aliphatic hydroxyl groups is 1. The van der Waals surface area contributed by atoms with E-state index in [0.29, 0.717) is 12.4 Å². The predicted octanol–water partition coefficient (Wildman–Crippen LogP) is 0.510. The Kier molecular flexibility index (Phi) is 3.49. The van der Waals surface area contributed by atoms with Crippen molar-refractivity contribution in [2.24, 2.45) is 7.05 Å². The highest BCUT2D eigenvalue weighted by molar-refractivity contribution is 5.68. The average Bonchev–Trinajstić information content (AvgIpc) is 2.82. The maximum Gasteiger partial charge on any atom is 0.410 e. The second-order valence-electron chi connectivity index (χ2n) is 5.86. The molecule has 1 aromatic rings. The summed E-state index contributed by atoms with van der Waals surface area (Å²) in [7, 11) is 1.82. The molecular formula is C12H20N4O3. The number of hydrogen-bond acceptors (Lipinski definition) is 5. The first-order chi connectivity index (χ1) is 8.78. The van der Waals surface area contributed by atoms with E-state index in [4.69, 9.17) is 4.74 Å². The van der Waals surface area contributed by atoms with E-state index in [-0.39, 0.29) is 12.5 Å². The first-order valence-corrected chi connectivity index (χ1v) is 6.28. The lowest BCUT2D eigenvalue weighted by atomic mass is 10.1. The maximum atomic E-state index is 12.0. The number of ether oxygens (including phenoxy) is 1. The minimum Gasteiger partial charge on any atom is -0.444 e. The summed E-state index contributed by atoms with van der Waals surface area (Å²) in [5.74, 6) is 0.457. The second kappa shape index (κ2) is 4.80. The van der Waals surface area contributed by atoms with Crippen LogP contribution < -0.4 is 0 Å². The van der Waals surface area contributed by atoms with E-state index in [0.717, 1.165) is 0 Å². The van der Waals surface area contributed by atoms with Crippen LogP contribution in [0.1, 0.15) is 32.5 Å². The van der Waals surface area contributed by atoms with Crippen LogP contribution in [0, 0.1) is 0 Å². The first kappa shape index (κ1) is 13.8. The van der Waals surface area contributed by atoms with Crippen molar-refractivity contribution in [1.29, 1.82) is 0 Å². The third-order valence-corrected chi connectivity index (χ3v) is 3.02. The second-order valence-corrected chi connectivity index (χ2v) is 5.86. The summed E-state index contributed by atoms with van der Waals surface area (Å²) in [5, 5.41) is 17.9. The highest BCUT2D eigenvalue weighted by atomic mass is 16.6. The normalized spacial score (nSPS) is 23.7. The molecule has 0 unspecified atom stereocenters. The Hall–Kier alpha value is -1.63. The minimum absolute atomic E-state index is 0.222. The van der Waals surface area contributed by atoms with Crippen molar-refractivity contribution in [2.45, 2.75) is 38.4 Å². The largest absolute Gasteiger partial charge is 0.444 e. The monoisotopic (exact) mass is 268 g/mol. The Labute approximate surface area is 112 Å². The topological polar surface area (TPSA) is 80.5 Å². The van der Waals surface area contributed by atoms with Gasteiger partial charge in [-0.05, 0) is 20.8 Å². The number of amides is 1. The summed E-state index contributed by atoms with van der Waals surface area (Å²) in [5.41, 5.74) is -0.537. The SMILES string of the molecule is Cn1cnnc1[C@@H]1CN(C(=O)OC(C)(C)C)C[C@H]1O. The Morgan fingerprint density at radius 3 is 2.68 bits per heavy atom. The summed E-state index contributed by atoms with van der Waals surface area (Å²) >= 11 is 0. The van der Waals surface area contributed by atoms with Crippen molar-refractivity contribution in [3.8, 4) is 0 Å². The van der Waals surface area contributed by atoms with E-state index in [1.807, 2.05) is 27.8 Å². The summed E-state index contributed by atoms with van der Waals surface area (Å²) < 4.78 is 7.06. The Bertz CT molecular complexity index is 466. The van der Waals surface area contributed by atoms with Gasteiger partial charge in [-0.3, -0.25) is 0 Å². The number of nitrogens with zero attached hydrogens (tertiary/aromatic N) is 4. The molecule has 1 saturated heterocycles. The van der Waals surface area contributed by atoms with E-state index in [1.54, 1.807) is 10.9 Å². The van der Waals surface area contributed by atoms with Gasteiger partial charge in [0.05, 0.1) is 18.6 Å². The van der Waals surface area contributed by atoms with Gasteiger partial charge in [-0.2, -0.15) is 0 Å². The molecule has 1 aliphatic rings. The third-order valence-electron chi connectivity index (χ3n) is 3.02. The van der Waals surface area contributed by atoms with Crippen LogP contribution in [0.4, 0.5) is 4.79 Å². The number of aryl methyl sites for hydroxylation is 1. The molecule has 2 heterocycles. The van der Waals surface area contributed by atoms with Crippen LogP contribution in [0.25, 0.3) is 0 Å². The van der Waals surface area contributed by atoms with Gasteiger partial charge in [0.2, 0.25) is 0 Å². The number of carbonyl (C=O) groups excluding carboxylic acids is 1. The lowest BCUT2D eigenvalue weighted by Crippen LogP contribution is -2.35. The molecule has 1 aromatic heterocycles. The van der Waals surface area contributed by atoms with Crippen LogP contribution in [-0.4, -0.2) is 55.7 Å². The highest BCUT2D eigenvalue weighted by Gasteiger charge is 2.39. The summed E-state index contributed by atoms with van der Waals surface area (Å²) in [6.45, 7) is 6.10. The maximum absolute atomic E-state index is 12.0. The number of hydrogen-bond donors (Lipinski definition) is 1. The third kappa shape index (κ3) is 3.04. The van der Waals surface area contributed by atoms with Gasteiger partial charge in [-0.25, -0.2) is 4.79 Å². The molecule has 0 radical (unpaired) electrons. The van der Waals surface area contributed by atoms with Gasteiger partial charge in [0.1, 0.15) is 17.8 Å². The number of aromatic nitrogens is 3. The van der Waals surface area contributed by atoms with Gasteiger partial charge in [-0.1, -0.05) is 0 Å². The van der Waals surface area contributed by atoms with E-state index in [1.165, 1.54) is 4.90 Å². The Morgan fingerprint density at radius 1 is 1.47 bits per heavy atom. The van der Waals surface area contributed by atoms with E-state index in [9.17, 15) is 9.90 Å². The lowest BCUT2D eigenvalue weighted by Gasteiger charge is -2.24. The van der Waals surface area contributed by atoms with Crippen molar-refractivity contribution < 1.29 is 14.6 Å².